The van der Waals surface area contributed by atoms with Crippen molar-refractivity contribution < 1.29 is 9.37 Å². The molecule has 1 saturated carbocycles. The molecule has 1 spiro atoms. The molecule has 1 amide bonds. The highest BCUT2D eigenvalue weighted by Gasteiger charge is 2.56. The van der Waals surface area contributed by atoms with E-state index in [1.807, 2.05) is 29.2 Å². The van der Waals surface area contributed by atoms with E-state index in [-0.39, 0.29) is 11.4 Å². The Labute approximate surface area is 143 Å². The van der Waals surface area contributed by atoms with Crippen LogP contribution in [0, 0.1) is 0 Å². The lowest BCUT2D eigenvalue weighted by atomic mass is 9.95. The van der Waals surface area contributed by atoms with E-state index in [1.54, 1.807) is 0 Å². The minimum absolute atomic E-state index is 0.278. The largest absolute Gasteiger partial charge is 0.357 e. The third-order valence-electron chi connectivity index (χ3n) is 5.31. The molecule has 0 unspecified atom stereocenters. The molecule has 1 aliphatic carbocycles. The second-order valence-corrected chi connectivity index (χ2v) is 6.89. The quantitative estimate of drug-likeness (QED) is 0.790. The van der Waals surface area contributed by atoms with Crippen LogP contribution in [0.3, 0.4) is 0 Å². The van der Waals surface area contributed by atoms with E-state index in [4.69, 9.17) is 0 Å². The average Bonchev–Trinajstić information content (AvgIpc) is 3.20. The molecule has 2 aromatic carbocycles. The van der Waals surface area contributed by atoms with Gasteiger partial charge in [0.15, 0.2) is 0 Å². The fraction of sp³-hybridized carbons (Fsp3) is 0.333. The Morgan fingerprint density at radius 2 is 1.46 bits per heavy atom. The topological polar surface area (TPSA) is 23.3 Å². The van der Waals surface area contributed by atoms with Crippen molar-refractivity contribution in [1.82, 2.24) is 4.90 Å². The van der Waals surface area contributed by atoms with Gasteiger partial charge in [0.1, 0.15) is 13.1 Å². The average molecular weight is 319 g/mol. The number of amides is 1. The van der Waals surface area contributed by atoms with Crippen molar-refractivity contribution in [1.29, 1.82) is 0 Å². The molecule has 0 bridgehead atoms. The van der Waals surface area contributed by atoms with Gasteiger partial charge in [-0.05, 0) is 24.0 Å². The summed E-state index contributed by atoms with van der Waals surface area (Å²) in [5, 5.41) is 0. The molecule has 4 rings (SSSR count). The van der Waals surface area contributed by atoms with E-state index < -0.39 is 0 Å². The molecular formula is C21H23N2O+. The van der Waals surface area contributed by atoms with Gasteiger partial charge in [0.25, 0.3) is 0 Å². The van der Waals surface area contributed by atoms with Crippen molar-refractivity contribution in [3.63, 3.8) is 0 Å². The van der Waals surface area contributed by atoms with Crippen LogP contribution in [-0.2, 0) is 17.9 Å². The Kier molecular flexibility index (Phi) is 3.93. The second-order valence-electron chi connectivity index (χ2n) is 6.89. The van der Waals surface area contributed by atoms with E-state index in [0.717, 1.165) is 32.2 Å². The lowest BCUT2D eigenvalue weighted by molar-refractivity contribution is -0.597. The number of carbonyl (C=O) groups excluding carboxylic acids is 1. The number of benzene rings is 2. The Hall–Kier alpha value is -2.42. The lowest BCUT2D eigenvalue weighted by Gasteiger charge is -2.21. The molecule has 122 valence electrons. The van der Waals surface area contributed by atoms with E-state index >= 15 is 0 Å². The molecular weight excluding hydrogens is 296 g/mol. The molecule has 1 heterocycles. The summed E-state index contributed by atoms with van der Waals surface area (Å²) in [5.41, 5.74) is 2.12. The van der Waals surface area contributed by atoms with Gasteiger partial charge in [-0.15, -0.1) is 0 Å². The van der Waals surface area contributed by atoms with Crippen LogP contribution in [0.4, 0.5) is 0 Å². The highest BCUT2D eigenvalue weighted by Crippen LogP contribution is 2.38. The van der Waals surface area contributed by atoms with Crippen molar-refractivity contribution in [3.05, 3.63) is 71.8 Å². The van der Waals surface area contributed by atoms with Crippen LogP contribution in [0.1, 0.15) is 36.8 Å². The van der Waals surface area contributed by atoms with Gasteiger partial charge in [-0.3, -0.25) is 0 Å². The zero-order chi connectivity index (χ0) is 16.4. The standard InChI is InChI=1S/C21H23N2O/c24-20-21(13-7-8-14-21)23(16-19-11-5-2-6-12-19)17-22(20)15-18-9-3-1-4-10-18/h1-6,9-12,17H,7-8,13-16H2/q+1. The molecule has 0 saturated heterocycles. The van der Waals surface area contributed by atoms with Gasteiger partial charge in [0.05, 0.1) is 0 Å². The molecule has 1 fully saturated rings. The molecule has 24 heavy (non-hydrogen) atoms. The Balaban J connectivity index is 1.63. The van der Waals surface area contributed by atoms with Crippen LogP contribution >= 0.6 is 0 Å². The van der Waals surface area contributed by atoms with Gasteiger partial charge in [0, 0.05) is 12.8 Å². The van der Waals surface area contributed by atoms with Gasteiger partial charge >= 0.3 is 5.91 Å². The molecule has 3 nitrogen and oxygen atoms in total. The van der Waals surface area contributed by atoms with E-state index in [0.29, 0.717) is 6.54 Å². The monoisotopic (exact) mass is 319 g/mol. The van der Waals surface area contributed by atoms with E-state index in [1.165, 1.54) is 11.1 Å². The molecule has 2 aromatic rings. The molecule has 3 heteroatoms. The van der Waals surface area contributed by atoms with Crippen molar-refractivity contribution in [3.8, 4) is 0 Å². The Morgan fingerprint density at radius 3 is 2.08 bits per heavy atom. The maximum absolute atomic E-state index is 13.2. The molecule has 0 atom stereocenters. The normalized spacial score (nSPS) is 19.1. The Bertz CT molecular complexity index is 746. The molecule has 0 radical (unpaired) electrons. The summed E-state index contributed by atoms with van der Waals surface area (Å²) in [6.07, 6.45) is 6.29. The molecule has 2 aliphatic rings. The first kappa shape index (κ1) is 15.1. The van der Waals surface area contributed by atoms with Crippen molar-refractivity contribution in [2.45, 2.75) is 44.3 Å². The predicted molar refractivity (Wildman–Crippen MR) is 94.7 cm³/mol. The molecule has 0 aromatic heterocycles. The number of carbonyl (C=O) groups is 1. The maximum atomic E-state index is 13.2. The first-order valence-corrected chi connectivity index (χ1v) is 8.79. The zero-order valence-corrected chi connectivity index (χ0v) is 13.9. The fourth-order valence-electron chi connectivity index (χ4n) is 4.05. The summed E-state index contributed by atoms with van der Waals surface area (Å²) >= 11 is 0. The summed E-state index contributed by atoms with van der Waals surface area (Å²) in [6.45, 7) is 1.46. The van der Waals surface area contributed by atoms with Crippen LogP contribution in [0.25, 0.3) is 0 Å². The zero-order valence-electron chi connectivity index (χ0n) is 13.9. The summed E-state index contributed by atoms with van der Waals surface area (Å²) in [5.74, 6) is 0.278. The van der Waals surface area contributed by atoms with Gasteiger partial charge in [0.2, 0.25) is 11.9 Å². The van der Waals surface area contributed by atoms with Gasteiger partial charge in [-0.1, -0.05) is 60.7 Å². The number of rotatable bonds is 4. The van der Waals surface area contributed by atoms with Gasteiger partial charge in [-0.2, -0.15) is 4.90 Å². The van der Waals surface area contributed by atoms with Crippen molar-refractivity contribution in [2.24, 2.45) is 0 Å². The molecule has 1 aliphatic heterocycles. The van der Waals surface area contributed by atoms with Crippen molar-refractivity contribution in [2.75, 3.05) is 0 Å². The minimum atomic E-state index is -0.315. The van der Waals surface area contributed by atoms with Crippen LogP contribution in [0.15, 0.2) is 60.7 Å². The third kappa shape index (κ3) is 2.64. The van der Waals surface area contributed by atoms with Crippen LogP contribution in [-0.4, -0.2) is 27.3 Å². The summed E-state index contributed by atoms with van der Waals surface area (Å²) < 4.78 is 2.29. The summed E-state index contributed by atoms with van der Waals surface area (Å²) in [6, 6.07) is 20.7. The third-order valence-corrected chi connectivity index (χ3v) is 5.31. The van der Waals surface area contributed by atoms with Crippen LogP contribution in [0.2, 0.25) is 0 Å². The minimum Gasteiger partial charge on any atom is -0.247 e. The summed E-state index contributed by atoms with van der Waals surface area (Å²) in [7, 11) is 0. The first-order valence-electron chi connectivity index (χ1n) is 8.79. The predicted octanol–water partition coefficient (Wildman–Crippen LogP) is 3.58. The smallest absolute Gasteiger partial charge is 0.247 e. The highest BCUT2D eigenvalue weighted by atomic mass is 16.2. The SMILES string of the molecule is O=C1N(Cc2ccccc2)C=[N+](Cc2ccccc2)C12CCCC2. The van der Waals surface area contributed by atoms with Crippen molar-refractivity contribution >= 4 is 12.2 Å². The summed E-state index contributed by atoms with van der Waals surface area (Å²) in [4.78, 5) is 15.1. The fourth-order valence-corrected chi connectivity index (χ4v) is 4.05. The highest BCUT2D eigenvalue weighted by molar-refractivity contribution is 5.96. The lowest BCUT2D eigenvalue weighted by Crippen LogP contribution is -2.45. The van der Waals surface area contributed by atoms with Gasteiger partial charge in [-0.25, -0.2) is 9.37 Å². The van der Waals surface area contributed by atoms with Crippen LogP contribution < -0.4 is 0 Å². The molecule has 0 N–H and O–H groups in total. The first-order chi connectivity index (χ1) is 11.8. The van der Waals surface area contributed by atoms with E-state index in [2.05, 4.69) is 47.3 Å². The second kappa shape index (κ2) is 6.23. The maximum Gasteiger partial charge on any atom is 0.357 e. The number of hydrogen-bond acceptors (Lipinski definition) is 1. The van der Waals surface area contributed by atoms with Crippen LogP contribution in [0.5, 0.6) is 0 Å². The number of nitrogens with zero attached hydrogens (tertiary/aromatic N) is 2. The number of hydrogen-bond donors (Lipinski definition) is 0. The Morgan fingerprint density at radius 1 is 0.875 bits per heavy atom. The van der Waals surface area contributed by atoms with E-state index in [9.17, 15) is 4.79 Å². The van der Waals surface area contributed by atoms with Gasteiger partial charge < -0.3 is 0 Å².